The zero-order valence-corrected chi connectivity index (χ0v) is 10.6. The third-order valence-electron chi connectivity index (χ3n) is 3.00. The van der Waals surface area contributed by atoms with Crippen LogP contribution in [-0.2, 0) is 16.0 Å². The van der Waals surface area contributed by atoms with E-state index in [0.29, 0.717) is 6.61 Å². The minimum Gasteiger partial charge on any atom is -0.382 e. The van der Waals surface area contributed by atoms with Gasteiger partial charge < -0.3 is 9.47 Å². The zero-order chi connectivity index (χ0) is 12.1. The average molecular weight is 235 g/mol. The van der Waals surface area contributed by atoms with Crippen molar-refractivity contribution in [3.8, 4) is 0 Å². The van der Waals surface area contributed by atoms with E-state index < -0.39 is 0 Å². The number of nitrogens with zero attached hydrogens (tertiary/aromatic N) is 1. The van der Waals surface area contributed by atoms with Crippen molar-refractivity contribution in [3.63, 3.8) is 0 Å². The van der Waals surface area contributed by atoms with E-state index in [1.807, 2.05) is 0 Å². The van der Waals surface area contributed by atoms with Crippen molar-refractivity contribution < 1.29 is 9.47 Å². The molecule has 1 saturated heterocycles. The number of methoxy groups -OCH3 is 1. The molecule has 1 heterocycles. The first kappa shape index (κ1) is 12.6. The van der Waals surface area contributed by atoms with E-state index in [2.05, 4.69) is 42.2 Å². The third kappa shape index (κ3) is 3.80. The first-order chi connectivity index (χ1) is 8.28. The molecule has 0 aromatic heterocycles. The summed E-state index contributed by atoms with van der Waals surface area (Å²) in [5.74, 6) is 0. The van der Waals surface area contributed by atoms with Gasteiger partial charge in [-0.25, -0.2) is 0 Å². The van der Waals surface area contributed by atoms with Crippen molar-refractivity contribution in [2.45, 2.75) is 25.7 Å². The van der Waals surface area contributed by atoms with Crippen LogP contribution < -0.4 is 0 Å². The number of ether oxygens (including phenoxy) is 2. The Morgan fingerprint density at radius 2 is 2.06 bits per heavy atom. The first-order valence-electron chi connectivity index (χ1n) is 6.18. The van der Waals surface area contributed by atoms with Crippen LogP contribution in [0.1, 0.15) is 12.5 Å². The Kier molecular flexibility index (Phi) is 4.54. The lowest BCUT2D eigenvalue weighted by molar-refractivity contribution is -0.103. The van der Waals surface area contributed by atoms with Gasteiger partial charge in [0.2, 0.25) is 0 Å². The molecule has 17 heavy (non-hydrogen) atoms. The van der Waals surface area contributed by atoms with Crippen molar-refractivity contribution in [3.05, 3.63) is 35.9 Å². The van der Waals surface area contributed by atoms with Gasteiger partial charge in [-0.3, -0.25) is 4.90 Å². The van der Waals surface area contributed by atoms with Gasteiger partial charge in [-0.05, 0) is 12.5 Å². The van der Waals surface area contributed by atoms with Crippen LogP contribution in [0.4, 0.5) is 0 Å². The van der Waals surface area contributed by atoms with E-state index in [1.54, 1.807) is 7.11 Å². The van der Waals surface area contributed by atoms with E-state index in [0.717, 1.165) is 19.6 Å². The molecule has 0 radical (unpaired) electrons. The van der Waals surface area contributed by atoms with Gasteiger partial charge in [0.25, 0.3) is 0 Å². The average Bonchev–Trinajstić information content (AvgIpc) is 2.30. The van der Waals surface area contributed by atoms with Crippen LogP contribution in [0.3, 0.4) is 0 Å². The molecule has 0 spiro atoms. The lowest BCUT2D eigenvalue weighted by Crippen LogP contribution is -2.47. The van der Waals surface area contributed by atoms with Crippen LogP contribution in [0, 0.1) is 0 Å². The van der Waals surface area contributed by atoms with Gasteiger partial charge in [0.05, 0.1) is 18.8 Å². The maximum atomic E-state index is 5.83. The van der Waals surface area contributed by atoms with E-state index in [1.165, 1.54) is 5.56 Å². The summed E-state index contributed by atoms with van der Waals surface area (Å²) >= 11 is 0. The Balaban J connectivity index is 1.92. The van der Waals surface area contributed by atoms with Crippen LogP contribution in [0.2, 0.25) is 0 Å². The molecule has 1 aromatic carbocycles. The first-order valence-corrected chi connectivity index (χ1v) is 6.18. The number of hydrogen-bond donors (Lipinski definition) is 0. The summed E-state index contributed by atoms with van der Waals surface area (Å²) in [4.78, 5) is 2.44. The molecular weight excluding hydrogens is 214 g/mol. The molecule has 1 aliphatic rings. The van der Waals surface area contributed by atoms with Crippen LogP contribution >= 0.6 is 0 Å². The molecule has 0 amide bonds. The zero-order valence-electron chi connectivity index (χ0n) is 10.6. The molecule has 94 valence electrons. The quantitative estimate of drug-likeness (QED) is 0.796. The normalized spacial score (nSPS) is 26.0. The molecule has 0 saturated carbocycles. The molecule has 0 N–H and O–H groups in total. The van der Waals surface area contributed by atoms with Gasteiger partial charge in [0.15, 0.2) is 0 Å². The van der Waals surface area contributed by atoms with Gasteiger partial charge in [0.1, 0.15) is 0 Å². The summed E-state index contributed by atoms with van der Waals surface area (Å²) in [5, 5.41) is 0. The minimum atomic E-state index is 0.201. The molecule has 1 fully saturated rings. The summed E-state index contributed by atoms with van der Waals surface area (Å²) < 4.78 is 11.0. The minimum absolute atomic E-state index is 0.201. The molecule has 0 bridgehead atoms. The maximum Gasteiger partial charge on any atom is 0.0939 e. The molecular formula is C14H21NO2. The van der Waals surface area contributed by atoms with E-state index >= 15 is 0 Å². The van der Waals surface area contributed by atoms with E-state index in [-0.39, 0.29) is 12.2 Å². The highest BCUT2D eigenvalue weighted by atomic mass is 16.5. The topological polar surface area (TPSA) is 21.7 Å². The smallest absolute Gasteiger partial charge is 0.0939 e. The molecule has 3 nitrogen and oxygen atoms in total. The van der Waals surface area contributed by atoms with Crippen LogP contribution in [0.5, 0.6) is 0 Å². The van der Waals surface area contributed by atoms with Crippen LogP contribution in [0.15, 0.2) is 30.3 Å². The highest BCUT2D eigenvalue weighted by Gasteiger charge is 2.24. The highest BCUT2D eigenvalue weighted by molar-refractivity contribution is 5.14. The summed E-state index contributed by atoms with van der Waals surface area (Å²) in [5.41, 5.74) is 1.36. The fourth-order valence-electron chi connectivity index (χ4n) is 2.39. The second kappa shape index (κ2) is 6.15. The van der Waals surface area contributed by atoms with Crippen LogP contribution in [-0.4, -0.2) is 43.9 Å². The Hall–Kier alpha value is -0.900. The van der Waals surface area contributed by atoms with Crippen LogP contribution in [0.25, 0.3) is 0 Å². The predicted octanol–water partition coefficient (Wildman–Crippen LogP) is 1.92. The summed E-state index contributed by atoms with van der Waals surface area (Å²) in [6.07, 6.45) is 0.486. The highest BCUT2D eigenvalue weighted by Crippen LogP contribution is 2.14. The standard InChI is InChI=1S/C14H21NO2/c1-12-8-15(10-14(17-12)11-16-2)9-13-6-4-3-5-7-13/h3-7,12,14H,8-11H2,1-2H3/t12-,14-/m0/s1. The van der Waals surface area contributed by atoms with Gasteiger partial charge in [-0.15, -0.1) is 0 Å². The largest absolute Gasteiger partial charge is 0.382 e. The van der Waals surface area contributed by atoms with E-state index in [4.69, 9.17) is 9.47 Å². The maximum absolute atomic E-state index is 5.83. The van der Waals surface area contributed by atoms with Crippen molar-refractivity contribution in [1.29, 1.82) is 0 Å². The fourth-order valence-corrected chi connectivity index (χ4v) is 2.39. The van der Waals surface area contributed by atoms with Crippen molar-refractivity contribution >= 4 is 0 Å². The summed E-state index contributed by atoms with van der Waals surface area (Å²) in [6, 6.07) is 10.6. The second-order valence-corrected chi connectivity index (χ2v) is 4.70. The predicted molar refractivity (Wildman–Crippen MR) is 67.9 cm³/mol. The molecule has 2 rings (SSSR count). The Labute approximate surface area is 103 Å². The summed E-state index contributed by atoms with van der Waals surface area (Å²) in [7, 11) is 1.73. The molecule has 0 aliphatic carbocycles. The van der Waals surface area contributed by atoms with Gasteiger partial charge in [-0.1, -0.05) is 30.3 Å². The van der Waals surface area contributed by atoms with E-state index in [9.17, 15) is 0 Å². The number of morpholine rings is 1. The monoisotopic (exact) mass is 235 g/mol. The molecule has 2 atom stereocenters. The van der Waals surface area contributed by atoms with Gasteiger partial charge in [0, 0.05) is 26.7 Å². The Morgan fingerprint density at radius 3 is 2.76 bits per heavy atom. The van der Waals surface area contributed by atoms with Gasteiger partial charge >= 0.3 is 0 Å². The Morgan fingerprint density at radius 1 is 1.29 bits per heavy atom. The molecule has 1 aromatic rings. The Bertz CT molecular complexity index is 328. The lowest BCUT2D eigenvalue weighted by Gasteiger charge is -2.36. The molecule has 1 aliphatic heterocycles. The molecule has 3 heteroatoms. The number of benzene rings is 1. The molecule has 0 unspecified atom stereocenters. The van der Waals surface area contributed by atoms with Crippen molar-refractivity contribution in [2.75, 3.05) is 26.8 Å². The SMILES string of the molecule is COC[C@@H]1CN(Cc2ccccc2)C[C@H](C)O1. The fraction of sp³-hybridized carbons (Fsp3) is 0.571. The summed E-state index contributed by atoms with van der Waals surface area (Å²) in [6.45, 7) is 5.74. The lowest BCUT2D eigenvalue weighted by atomic mass is 10.1. The number of rotatable bonds is 4. The van der Waals surface area contributed by atoms with Crippen molar-refractivity contribution in [1.82, 2.24) is 4.90 Å². The van der Waals surface area contributed by atoms with Gasteiger partial charge in [-0.2, -0.15) is 0 Å². The number of hydrogen-bond acceptors (Lipinski definition) is 3. The third-order valence-corrected chi connectivity index (χ3v) is 3.00. The van der Waals surface area contributed by atoms with Crippen molar-refractivity contribution in [2.24, 2.45) is 0 Å². The second-order valence-electron chi connectivity index (χ2n) is 4.70.